The first-order valence-electron chi connectivity index (χ1n) is 8.94. The Hall–Kier alpha value is -1.15. The van der Waals surface area contributed by atoms with E-state index in [4.69, 9.17) is 0 Å². The van der Waals surface area contributed by atoms with Crippen LogP contribution in [-0.2, 0) is 16.0 Å². The zero-order valence-electron chi connectivity index (χ0n) is 14.3. The molecule has 3 heterocycles. The lowest BCUT2D eigenvalue weighted by Crippen LogP contribution is -2.77. The van der Waals surface area contributed by atoms with Crippen molar-refractivity contribution in [3.05, 3.63) is 35.9 Å². The summed E-state index contributed by atoms with van der Waals surface area (Å²) < 4.78 is -0.569. The number of fused-ring (bicyclic) bond motifs is 3. The Morgan fingerprint density at radius 1 is 1.24 bits per heavy atom. The van der Waals surface area contributed by atoms with Crippen LogP contribution in [0.25, 0.3) is 0 Å². The average Bonchev–Trinajstić information content (AvgIpc) is 3.09. The minimum absolute atomic E-state index is 0.0153. The number of piperidine rings is 1. The number of piperazine rings is 1. The second kappa shape index (κ2) is 5.94. The summed E-state index contributed by atoms with van der Waals surface area (Å²) in [5.41, 5.74) is -0.222. The molecule has 0 radical (unpaired) electrons. The SMILES string of the molecule is C[C@@]1(I)CC[C@@]2(O)C3CCCN3C(=O)[C@H](Cc3ccccc3)N2C1=O. The summed E-state index contributed by atoms with van der Waals surface area (Å²) >= 11 is 2.17. The molecule has 4 rings (SSSR count). The normalized spacial score (nSPS) is 37.9. The van der Waals surface area contributed by atoms with Crippen LogP contribution in [-0.4, -0.2) is 54.5 Å². The van der Waals surface area contributed by atoms with Crippen molar-refractivity contribution >= 4 is 34.4 Å². The molecular weight excluding hydrogens is 431 g/mol. The molecule has 0 saturated carbocycles. The molecule has 2 amide bonds. The number of rotatable bonds is 2. The summed E-state index contributed by atoms with van der Waals surface area (Å²) in [6, 6.07) is 8.88. The van der Waals surface area contributed by atoms with Gasteiger partial charge in [-0.25, -0.2) is 0 Å². The third kappa shape index (κ3) is 2.60. The number of alkyl halides is 1. The van der Waals surface area contributed by atoms with E-state index < -0.39 is 15.2 Å². The van der Waals surface area contributed by atoms with Crippen LogP contribution in [0.4, 0.5) is 0 Å². The Morgan fingerprint density at radius 3 is 2.68 bits per heavy atom. The van der Waals surface area contributed by atoms with Crippen molar-refractivity contribution in [2.24, 2.45) is 0 Å². The summed E-state index contributed by atoms with van der Waals surface area (Å²) in [6.45, 7) is 2.58. The van der Waals surface area contributed by atoms with Crippen LogP contribution in [0.1, 0.15) is 38.2 Å². The molecule has 25 heavy (non-hydrogen) atoms. The van der Waals surface area contributed by atoms with Crippen molar-refractivity contribution < 1.29 is 14.7 Å². The van der Waals surface area contributed by atoms with Gasteiger partial charge >= 0.3 is 0 Å². The number of halogens is 1. The molecule has 1 aromatic carbocycles. The van der Waals surface area contributed by atoms with Crippen LogP contribution in [0.2, 0.25) is 0 Å². The number of carbonyl (C=O) groups is 2. The van der Waals surface area contributed by atoms with Gasteiger partial charge in [-0.3, -0.25) is 14.5 Å². The second-order valence-corrected chi connectivity index (χ2v) is 10.0. The lowest BCUT2D eigenvalue weighted by molar-refractivity contribution is -0.220. The maximum Gasteiger partial charge on any atom is 0.246 e. The van der Waals surface area contributed by atoms with E-state index in [1.54, 1.807) is 4.90 Å². The number of benzene rings is 1. The van der Waals surface area contributed by atoms with Gasteiger partial charge in [0.05, 0.1) is 9.46 Å². The van der Waals surface area contributed by atoms with E-state index in [-0.39, 0.29) is 17.9 Å². The fourth-order valence-corrected chi connectivity index (χ4v) is 5.17. The summed E-state index contributed by atoms with van der Waals surface area (Å²) in [4.78, 5) is 29.8. The fourth-order valence-electron chi connectivity index (χ4n) is 4.64. The number of aliphatic hydroxyl groups is 1. The van der Waals surface area contributed by atoms with Crippen LogP contribution >= 0.6 is 22.6 Å². The molecule has 134 valence electrons. The van der Waals surface area contributed by atoms with Crippen LogP contribution < -0.4 is 0 Å². The van der Waals surface area contributed by atoms with E-state index in [0.717, 1.165) is 18.4 Å². The van der Waals surface area contributed by atoms with Crippen molar-refractivity contribution in [1.82, 2.24) is 9.80 Å². The highest BCUT2D eigenvalue weighted by molar-refractivity contribution is 14.1. The number of nitrogens with zero attached hydrogens (tertiary/aromatic N) is 2. The maximum atomic E-state index is 13.2. The third-order valence-corrected chi connectivity index (χ3v) is 6.98. The third-order valence-electron chi connectivity index (χ3n) is 5.98. The van der Waals surface area contributed by atoms with E-state index in [0.29, 0.717) is 25.8 Å². The number of hydrogen-bond acceptors (Lipinski definition) is 3. The monoisotopic (exact) mass is 454 g/mol. The molecular formula is C19H23IN2O3. The molecule has 6 heteroatoms. The highest BCUT2D eigenvalue weighted by atomic mass is 127. The zero-order valence-corrected chi connectivity index (χ0v) is 16.5. The molecule has 0 spiro atoms. The van der Waals surface area contributed by atoms with Crippen molar-refractivity contribution in [2.75, 3.05) is 6.54 Å². The second-order valence-electron chi connectivity index (χ2n) is 7.65. The topological polar surface area (TPSA) is 60.9 Å². The van der Waals surface area contributed by atoms with Crippen LogP contribution in [0.3, 0.4) is 0 Å². The summed E-state index contributed by atoms with van der Waals surface area (Å²) in [6.07, 6.45) is 3.26. The Labute approximate surface area is 161 Å². The Morgan fingerprint density at radius 2 is 1.96 bits per heavy atom. The molecule has 3 aliphatic heterocycles. The van der Waals surface area contributed by atoms with Gasteiger partial charge in [0.25, 0.3) is 0 Å². The van der Waals surface area contributed by atoms with Gasteiger partial charge in [0, 0.05) is 13.0 Å². The first-order valence-corrected chi connectivity index (χ1v) is 10.0. The molecule has 1 unspecified atom stereocenters. The summed E-state index contributed by atoms with van der Waals surface area (Å²) in [5, 5.41) is 11.5. The average molecular weight is 454 g/mol. The van der Waals surface area contributed by atoms with E-state index in [1.165, 1.54) is 0 Å². The van der Waals surface area contributed by atoms with E-state index in [2.05, 4.69) is 22.6 Å². The van der Waals surface area contributed by atoms with Gasteiger partial charge in [-0.1, -0.05) is 52.9 Å². The predicted molar refractivity (Wildman–Crippen MR) is 102 cm³/mol. The van der Waals surface area contributed by atoms with Gasteiger partial charge in [-0.15, -0.1) is 0 Å². The van der Waals surface area contributed by atoms with Gasteiger partial charge in [0.2, 0.25) is 11.8 Å². The predicted octanol–water partition coefficient (Wildman–Crippen LogP) is 2.11. The minimum Gasteiger partial charge on any atom is -0.369 e. The molecule has 1 aromatic rings. The zero-order chi connectivity index (χ0) is 17.8. The summed E-state index contributed by atoms with van der Waals surface area (Å²) in [5.74, 6) is -0.124. The number of amides is 2. The van der Waals surface area contributed by atoms with Gasteiger partial charge in [-0.05, 0) is 38.2 Å². The Bertz CT molecular complexity index is 708. The molecule has 3 fully saturated rings. The van der Waals surface area contributed by atoms with Gasteiger partial charge < -0.3 is 10.0 Å². The lowest BCUT2D eigenvalue weighted by Gasteiger charge is -2.58. The van der Waals surface area contributed by atoms with Gasteiger partial charge in [0.15, 0.2) is 5.72 Å². The van der Waals surface area contributed by atoms with E-state index in [1.807, 2.05) is 42.2 Å². The Kier molecular flexibility index (Phi) is 4.11. The first kappa shape index (κ1) is 17.3. The molecule has 1 N–H and O–H groups in total. The summed E-state index contributed by atoms with van der Waals surface area (Å²) in [7, 11) is 0. The molecule has 0 aliphatic carbocycles. The minimum atomic E-state index is -1.23. The van der Waals surface area contributed by atoms with Crippen LogP contribution in [0, 0.1) is 0 Å². The molecule has 4 atom stereocenters. The smallest absolute Gasteiger partial charge is 0.246 e. The van der Waals surface area contributed by atoms with Gasteiger partial charge in [-0.2, -0.15) is 0 Å². The molecule has 0 aromatic heterocycles. The standard InChI is InChI=1S/C19H23IN2O3/c1-18(20)9-10-19(25)15-8-5-11-21(15)16(23)14(22(19)17(18)24)12-13-6-3-2-4-7-13/h2-4,6-7,14-15,25H,5,8-12H2,1H3/t14-,15?,18+,19+/m0/s1. The van der Waals surface area contributed by atoms with Crippen molar-refractivity contribution in [3.63, 3.8) is 0 Å². The van der Waals surface area contributed by atoms with E-state index >= 15 is 0 Å². The molecule has 0 bridgehead atoms. The Balaban J connectivity index is 1.77. The molecule has 5 nitrogen and oxygen atoms in total. The molecule has 3 aliphatic rings. The van der Waals surface area contributed by atoms with Crippen molar-refractivity contribution in [3.8, 4) is 0 Å². The van der Waals surface area contributed by atoms with Crippen LogP contribution in [0.5, 0.6) is 0 Å². The fraction of sp³-hybridized carbons (Fsp3) is 0.579. The van der Waals surface area contributed by atoms with Crippen molar-refractivity contribution in [1.29, 1.82) is 0 Å². The highest BCUT2D eigenvalue weighted by Crippen LogP contribution is 2.47. The maximum absolute atomic E-state index is 13.2. The van der Waals surface area contributed by atoms with Crippen LogP contribution in [0.15, 0.2) is 30.3 Å². The number of hydrogen-bond donors (Lipinski definition) is 1. The lowest BCUT2D eigenvalue weighted by atomic mass is 9.80. The quantitative estimate of drug-likeness (QED) is 0.550. The van der Waals surface area contributed by atoms with Crippen molar-refractivity contribution in [2.45, 2.75) is 60.3 Å². The first-order chi connectivity index (χ1) is 11.8. The number of carbonyl (C=O) groups excluding carboxylic acids is 2. The highest BCUT2D eigenvalue weighted by Gasteiger charge is 2.63. The molecule has 3 saturated heterocycles. The van der Waals surface area contributed by atoms with Gasteiger partial charge in [0.1, 0.15) is 6.04 Å². The van der Waals surface area contributed by atoms with E-state index in [9.17, 15) is 14.7 Å². The largest absolute Gasteiger partial charge is 0.369 e.